The summed E-state index contributed by atoms with van der Waals surface area (Å²) >= 11 is 0. The largest absolute Gasteiger partial charge is 0.416 e. The number of nitrogens with one attached hydrogen (secondary N) is 1. The lowest BCUT2D eigenvalue weighted by Gasteiger charge is -2.15. The molecule has 0 heterocycles. The summed E-state index contributed by atoms with van der Waals surface area (Å²) in [7, 11) is 0. The topological polar surface area (TPSA) is 58.6 Å². The Kier molecular flexibility index (Phi) is 6.17. The number of carbonyl (C=O) groups excluding carboxylic acids is 1. The molecule has 1 atom stereocenters. The van der Waals surface area contributed by atoms with E-state index in [0.29, 0.717) is 24.7 Å². The van der Waals surface area contributed by atoms with Crippen molar-refractivity contribution in [2.75, 3.05) is 19.8 Å². The summed E-state index contributed by atoms with van der Waals surface area (Å²) < 4.78 is 81.8. The molecule has 26 heavy (non-hydrogen) atoms. The van der Waals surface area contributed by atoms with Crippen LogP contribution in [0.3, 0.4) is 0 Å². The van der Waals surface area contributed by atoms with E-state index in [9.17, 15) is 36.2 Å². The van der Waals surface area contributed by atoms with Crippen LogP contribution in [0, 0.1) is 5.92 Å². The number of aliphatic hydroxyl groups excluding tert-OH is 1. The predicted octanol–water partition coefficient (Wildman–Crippen LogP) is 3.24. The molecule has 1 aromatic carbocycles. The van der Waals surface area contributed by atoms with Crippen LogP contribution in [0.4, 0.5) is 26.3 Å². The van der Waals surface area contributed by atoms with E-state index in [2.05, 4.69) is 5.32 Å². The second-order valence-corrected chi connectivity index (χ2v) is 6.14. The van der Waals surface area contributed by atoms with E-state index in [-0.39, 0.29) is 19.2 Å². The lowest BCUT2D eigenvalue weighted by atomic mass is 10.0. The minimum Gasteiger partial charge on any atom is -0.389 e. The third-order valence-corrected chi connectivity index (χ3v) is 3.71. The molecule has 0 radical (unpaired) electrons. The van der Waals surface area contributed by atoms with Crippen LogP contribution < -0.4 is 5.32 Å². The Labute approximate surface area is 145 Å². The minimum absolute atomic E-state index is 0.0582. The highest BCUT2D eigenvalue weighted by Gasteiger charge is 2.37. The fourth-order valence-corrected chi connectivity index (χ4v) is 2.11. The molecule has 2 rings (SSSR count). The maximum Gasteiger partial charge on any atom is 0.416 e. The molecule has 10 heteroatoms. The van der Waals surface area contributed by atoms with Gasteiger partial charge in [0, 0.05) is 18.7 Å². The molecule has 0 spiro atoms. The molecule has 0 bridgehead atoms. The number of alkyl halides is 6. The van der Waals surface area contributed by atoms with Gasteiger partial charge in [-0.15, -0.1) is 0 Å². The summed E-state index contributed by atoms with van der Waals surface area (Å²) in [5.74, 6) is -0.689. The van der Waals surface area contributed by atoms with Crippen molar-refractivity contribution in [2.24, 2.45) is 5.92 Å². The molecule has 1 amide bonds. The van der Waals surface area contributed by atoms with E-state index in [0.717, 1.165) is 12.8 Å². The first-order chi connectivity index (χ1) is 12.0. The molecule has 1 aromatic rings. The SMILES string of the molecule is O=C(NCC(O)COCC1CC1)c1cc(C(F)(F)F)cc(C(F)(F)F)c1. The summed E-state index contributed by atoms with van der Waals surface area (Å²) in [6.45, 7) is 0.0157. The number of ether oxygens (including phenoxy) is 1. The number of halogens is 6. The highest BCUT2D eigenvalue weighted by atomic mass is 19.4. The molecule has 1 fully saturated rings. The summed E-state index contributed by atoms with van der Waals surface area (Å²) in [6.07, 6.45) is -9.10. The standard InChI is InChI=1S/C16H17F6NO3/c17-15(18,19)11-3-10(4-12(5-11)16(20,21)22)14(25)23-6-13(24)8-26-7-9-1-2-9/h3-5,9,13,24H,1-2,6-8H2,(H,23,25). The molecule has 2 N–H and O–H groups in total. The molecular formula is C16H17F6NO3. The fourth-order valence-electron chi connectivity index (χ4n) is 2.11. The van der Waals surface area contributed by atoms with Gasteiger partial charge < -0.3 is 15.2 Å². The Balaban J connectivity index is 2.01. The second kappa shape index (κ2) is 7.83. The number of benzene rings is 1. The molecule has 1 unspecified atom stereocenters. The van der Waals surface area contributed by atoms with Crippen molar-refractivity contribution in [2.45, 2.75) is 31.3 Å². The van der Waals surface area contributed by atoms with E-state index in [1.54, 1.807) is 0 Å². The maximum atomic E-state index is 12.8. The van der Waals surface area contributed by atoms with Gasteiger partial charge in [0.1, 0.15) is 0 Å². The van der Waals surface area contributed by atoms with Crippen LogP contribution in [0.15, 0.2) is 18.2 Å². The van der Waals surface area contributed by atoms with Crippen molar-refractivity contribution in [3.63, 3.8) is 0 Å². The van der Waals surface area contributed by atoms with Gasteiger partial charge in [-0.05, 0) is 37.0 Å². The van der Waals surface area contributed by atoms with E-state index in [1.165, 1.54) is 0 Å². The first-order valence-electron chi connectivity index (χ1n) is 7.80. The average molecular weight is 385 g/mol. The van der Waals surface area contributed by atoms with Crippen molar-refractivity contribution < 1.29 is 41.0 Å². The zero-order valence-electron chi connectivity index (χ0n) is 13.5. The number of hydrogen-bond acceptors (Lipinski definition) is 3. The van der Waals surface area contributed by atoms with Crippen LogP contribution in [0.5, 0.6) is 0 Å². The summed E-state index contributed by atoms with van der Waals surface area (Å²) in [4.78, 5) is 11.9. The smallest absolute Gasteiger partial charge is 0.389 e. The van der Waals surface area contributed by atoms with Crippen LogP contribution in [0.2, 0.25) is 0 Å². The zero-order valence-corrected chi connectivity index (χ0v) is 13.5. The van der Waals surface area contributed by atoms with Gasteiger partial charge in [0.05, 0.1) is 23.8 Å². The normalized spacial score (nSPS) is 16.4. The van der Waals surface area contributed by atoms with Crippen molar-refractivity contribution in [3.8, 4) is 0 Å². The van der Waals surface area contributed by atoms with Gasteiger partial charge in [0.2, 0.25) is 0 Å². The molecular weight excluding hydrogens is 368 g/mol. The molecule has 4 nitrogen and oxygen atoms in total. The quantitative estimate of drug-likeness (QED) is 0.709. The highest BCUT2D eigenvalue weighted by molar-refractivity contribution is 5.94. The van der Waals surface area contributed by atoms with Gasteiger partial charge in [0.15, 0.2) is 0 Å². The molecule has 0 aliphatic heterocycles. The maximum absolute atomic E-state index is 12.8. The van der Waals surface area contributed by atoms with Gasteiger partial charge >= 0.3 is 12.4 Å². The average Bonchev–Trinajstić information content (AvgIpc) is 3.34. The van der Waals surface area contributed by atoms with Crippen LogP contribution in [-0.4, -0.2) is 36.9 Å². The van der Waals surface area contributed by atoms with Gasteiger partial charge in [0.25, 0.3) is 5.91 Å². The van der Waals surface area contributed by atoms with Gasteiger partial charge in [-0.2, -0.15) is 26.3 Å². The molecule has 1 aliphatic carbocycles. The van der Waals surface area contributed by atoms with Crippen LogP contribution in [0.25, 0.3) is 0 Å². The number of amides is 1. The molecule has 0 saturated heterocycles. The number of carbonyl (C=O) groups is 1. The first kappa shape index (κ1) is 20.5. The Morgan fingerprint density at radius 2 is 1.65 bits per heavy atom. The van der Waals surface area contributed by atoms with Crippen LogP contribution in [0.1, 0.15) is 34.3 Å². The van der Waals surface area contributed by atoms with E-state index < -0.39 is 41.1 Å². The minimum atomic E-state index is -5.04. The van der Waals surface area contributed by atoms with Crippen LogP contribution in [-0.2, 0) is 17.1 Å². The zero-order chi connectivity index (χ0) is 19.5. The predicted molar refractivity (Wildman–Crippen MR) is 78.3 cm³/mol. The molecule has 1 saturated carbocycles. The van der Waals surface area contributed by atoms with Crippen molar-refractivity contribution in [1.82, 2.24) is 5.32 Å². The number of hydrogen-bond donors (Lipinski definition) is 2. The monoisotopic (exact) mass is 385 g/mol. The fraction of sp³-hybridized carbons (Fsp3) is 0.562. The van der Waals surface area contributed by atoms with E-state index >= 15 is 0 Å². The second-order valence-electron chi connectivity index (χ2n) is 6.14. The number of rotatable bonds is 7. The van der Waals surface area contributed by atoms with Crippen molar-refractivity contribution >= 4 is 5.91 Å². The lowest BCUT2D eigenvalue weighted by Crippen LogP contribution is -2.35. The Bertz CT molecular complexity index is 608. The van der Waals surface area contributed by atoms with Crippen molar-refractivity contribution in [1.29, 1.82) is 0 Å². The third-order valence-electron chi connectivity index (χ3n) is 3.71. The van der Waals surface area contributed by atoms with Gasteiger partial charge in [-0.1, -0.05) is 0 Å². The van der Waals surface area contributed by atoms with Crippen LogP contribution >= 0.6 is 0 Å². The van der Waals surface area contributed by atoms with Crippen molar-refractivity contribution in [3.05, 3.63) is 34.9 Å². The first-order valence-corrected chi connectivity index (χ1v) is 7.80. The molecule has 0 aromatic heterocycles. The highest BCUT2D eigenvalue weighted by Crippen LogP contribution is 2.36. The van der Waals surface area contributed by atoms with E-state index in [4.69, 9.17) is 4.74 Å². The molecule has 1 aliphatic rings. The van der Waals surface area contributed by atoms with Gasteiger partial charge in [-0.3, -0.25) is 4.79 Å². The number of aliphatic hydroxyl groups is 1. The molecule has 146 valence electrons. The summed E-state index contributed by atoms with van der Waals surface area (Å²) in [6, 6.07) is 0.610. The van der Waals surface area contributed by atoms with E-state index in [1.807, 2.05) is 0 Å². The Morgan fingerprint density at radius 3 is 2.12 bits per heavy atom. The van der Waals surface area contributed by atoms with Gasteiger partial charge in [-0.25, -0.2) is 0 Å². The third kappa shape index (κ3) is 6.17. The summed E-state index contributed by atoms with van der Waals surface area (Å²) in [5.41, 5.74) is -3.95. The summed E-state index contributed by atoms with van der Waals surface area (Å²) in [5, 5.41) is 11.8. The Morgan fingerprint density at radius 1 is 1.12 bits per heavy atom. The lowest BCUT2D eigenvalue weighted by molar-refractivity contribution is -0.143. The Hall–Kier alpha value is -1.81.